The van der Waals surface area contributed by atoms with E-state index in [0.29, 0.717) is 5.56 Å². The summed E-state index contributed by atoms with van der Waals surface area (Å²) in [4.78, 5) is 0. The number of rotatable bonds is 5. The number of aliphatic hydroxyl groups is 1. The first-order valence-corrected chi connectivity index (χ1v) is 6.78. The minimum atomic E-state index is -0.777. The van der Waals surface area contributed by atoms with Crippen molar-refractivity contribution in [2.75, 3.05) is 19.0 Å². The molecule has 2 aromatic rings. The first kappa shape index (κ1) is 15.3. The number of hydrogen-bond donors (Lipinski definition) is 2. The van der Waals surface area contributed by atoms with E-state index >= 15 is 0 Å². The minimum Gasteiger partial charge on any atom is -0.494 e. The fraction of sp³-hybridized carbons (Fsp3) is 0.294. The third kappa shape index (κ3) is 3.34. The van der Waals surface area contributed by atoms with E-state index in [4.69, 9.17) is 4.74 Å². The Hall–Kier alpha value is -2.07. The number of benzene rings is 2. The van der Waals surface area contributed by atoms with Gasteiger partial charge in [0.05, 0.1) is 19.3 Å². The number of anilines is 1. The number of aryl methyl sites for hydroxylation is 1. The van der Waals surface area contributed by atoms with Crippen LogP contribution in [0.5, 0.6) is 5.75 Å². The third-order valence-electron chi connectivity index (χ3n) is 3.54. The summed E-state index contributed by atoms with van der Waals surface area (Å²) in [6.07, 6.45) is 0. The number of halogens is 1. The zero-order valence-electron chi connectivity index (χ0n) is 12.5. The van der Waals surface area contributed by atoms with Crippen molar-refractivity contribution in [3.8, 4) is 5.75 Å². The summed E-state index contributed by atoms with van der Waals surface area (Å²) < 4.78 is 18.8. The maximum atomic E-state index is 13.9. The number of hydrogen-bond acceptors (Lipinski definition) is 3. The van der Waals surface area contributed by atoms with Crippen LogP contribution in [0.15, 0.2) is 42.5 Å². The van der Waals surface area contributed by atoms with E-state index in [9.17, 15) is 9.50 Å². The fourth-order valence-electron chi connectivity index (χ4n) is 2.25. The van der Waals surface area contributed by atoms with E-state index < -0.39 is 11.4 Å². The number of ether oxygens (including phenoxy) is 1. The summed E-state index contributed by atoms with van der Waals surface area (Å²) in [7, 11) is 1.42. The Morgan fingerprint density at radius 2 is 2.00 bits per heavy atom. The highest BCUT2D eigenvalue weighted by molar-refractivity contribution is 5.50. The average molecular weight is 289 g/mol. The van der Waals surface area contributed by atoms with E-state index in [1.807, 2.05) is 38.1 Å². The van der Waals surface area contributed by atoms with Gasteiger partial charge in [-0.1, -0.05) is 18.2 Å². The van der Waals surface area contributed by atoms with Crippen molar-refractivity contribution in [2.24, 2.45) is 0 Å². The normalized spacial score (nSPS) is 13.6. The van der Waals surface area contributed by atoms with Crippen molar-refractivity contribution < 1.29 is 14.2 Å². The molecule has 21 heavy (non-hydrogen) atoms. The van der Waals surface area contributed by atoms with Gasteiger partial charge in [-0.05, 0) is 49.2 Å². The van der Waals surface area contributed by atoms with E-state index in [0.717, 1.165) is 11.3 Å². The summed E-state index contributed by atoms with van der Waals surface area (Å²) in [5, 5.41) is 13.0. The average Bonchev–Trinajstić information content (AvgIpc) is 2.47. The maximum Gasteiger partial charge on any atom is 0.165 e. The molecule has 0 amide bonds. The highest BCUT2D eigenvalue weighted by Crippen LogP contribution is 2.29. The molecule has 0 bridgehead atoms. The maximum absolute atomic E-state index is 13.9. The molecule has 0 aromatic heterocycles. The summed E-state index contributed by atoms with van der Waals surface area (Å²) in [6.45, 7) is 3.66. The van der Waals surface area contributed by atoms with Crippen molar-refractivity contribution in [2.45, 2.75) is 19.4 Å². The van der Waals surface area contributed by atoms with Crippen LogP contribution in [0.25, 0.3) is 0 Å². The highest BCUT2D eigenvalue weighted by atomic mass is 19.1. The van der Waals surface area contributed by atoms with Crippen LogP contribution in [0.1, 0.15) is 18.1 Å². The zero-order valence-corrected chi connectivity index (χ0v) is 12.5. The van der Waals surface area contributed by atoms with Crippen LogP contribution in [-0.4, -0.2) is 18.8 Å². The summed E-state index contributed by atoms with van der Waals surface area (Å²) >= 11 is 0. The first-order chi connectivity index (χ1) is 9.98. The molecular formula is C17H20FNO2. The highest BCUT2D eigenvalue weighted by Gasteiger charge is 2.26. The smallest absolute Gasteiger partial charge is 0.165 e. The van der Waals surface area contributed by atoms with Gasteiger partial charge in [0.2, 0.25) is 0 Å². The standard InChI is InChI=1S/C17H20FNO2/c1-12-5-4-6-14(9-12)19-17(2,11-20)13-7-8-16(21-3)15(18)10-13/h4-10,19-20H,11H2,1-3H3. The minimum absolute atomic E-state index is 0.160. The molecular weight excluding hydrogens is 269 g/mol. The number of nitrogens with one attached hydrogen (secondary N) is 1. The van der Waals surface area contributed by atoms with Crippen molar-refractivity contribution in [3.63, 3.8) is 0 Å². The van der Waals surface area contributed by atoms with E-state index in [1.54, 1.807) is 12.1 Å². The lowest BCUT2D eigenvalue weighted by molar-refractivity contribution is 0.223. The molecule has 3 nitrogen and oxygen atoms in total. The molecule has 0 heterocycles. The predicted octanol–water partition coefficient (Wildman–Crippen LogP) is 3.46. The van der Waals surface area contributed by atoms with Crippen LogP contribution in [0, 0.1) is 12.7 Å². The molecule has 2 N–H and O–H groups in total. The number of aliphatic hydroxyl groups excluding tert-OH is 1. The lowest BCUT2D eigenvalue weighted by Crippen LogP contribution is -2.36. The summed E-state index contributed by atoms with van der Waals surface area (Å²) in [6, 6.07) is 12.5. The van der Waals surface area contributed by atoms with Gasteiger partial charge >= 0.3 is 0 Å². The van der Waals surface area contributed by atoms with Crippen LogP contribution in [-0.2, 0) is 5.54 Å². The molecule has 0 aliphatic rings. The topological polar surface area (TPSA) is 41.5 Å². The fourth-order valence-corrected chi connectivity index (χ4v) is 2.25. The molecule has 0 saturated heterocycles. The molecule has 0 aliphatic carbocycles. The van der Waals surface area contributed by atoms with Gasteiger partial charge in [0, 0.05) is 5.69 Å². The predicted molar refractivity (Wildman–Crippen MR) is 82.2 cm³/mol. The van der Waals surface area contributed by atoms with Crippen molar-refractivity contribution >= 4 is 5.69 Å². The second-order valence-corrected chi connectivity index (χ2v) is 5.33. The van der Waals surface area contributed by atoms with Crippen LogP contribution in [0.3, 0.4) is 0 Å². The zero-order chi connectivity index (χ0) is 15.5. The molecule has 4 heteroatoms. The molecule has 1 atom stereocenters. The molecule has 1 unspecified atom stereocenters. The van der Waals surface area contributed by atoms with Gasteiger partial charge < -0.3 is 15.2 Å². The third-order valence-corrected chi connectivity index (χ3v) is 3.54. The van der Waals surface area contributed by atoms with Gasteiger partial charge in [0.25, 0.3) is 0 Å². The van der Waals surface area contributed by atoms with Crippen LogP contribution in [0.4, 0.5) is 10.1 Å². The molecule has 2 aromatic carbocycles. The van der Waals surface area contributed by atoms with Gasteiger partial charge in [0.1, 0.15) is 0 Å². The Bertz CT molecular complexity index is 630. The molecule has 112 valence electrons. The van der Waals surface area contributed by atoms with Gasteiger partial charge in [-0.25, -0.2) is 4.39 Å². The van der Waals surface area contributed by atoms with E-state index in [2.05, 4.69) is 5.32 Å². The van der Waals surface area contributed by atoms with Crippen molar-refractivity contribution in [3.05, 3.63) is 59.4 Å². The molecule has 0 saturated carbocycles. The Kier molecular flexibility index (Phi) is 4.48. The summed E-state index contributed by atoms with van der Waals surface area (Å²) in [5.74, 6) is -0.254. The molecule has 0 aliphatic heterocycles. The SMILES string of the molecule is COc1ccc(C(C)(CO)Nc2cccc(C)c2)cc1F. The van der Waals surface area contributed by atoms with Gasteiger partial charge in [0.15, 0.2) is 11.6 Å². The largest absolute Gasteiger partial charge is 0.494 e. The van der Waals surface area contributed by atoms with Crippen LogP contribution in [0.2, 0.25) is 0 Å². The van der Waals surface area contributed by atoms with Gasteiger partial charge in [-0.2, -0.15) is 0 Å². The monoisotopic (exact) mass is 289 g/mol. The molecule has 0 fully saturated rings. The Morgan fingerprint density at radius 3 is 2.57 bits per heavy atom. The second-order valence-electron chi connectivity index (χ2n) is 5.33. The van der Waals surface area contributed by atoms with Crippen molar-refractivity contribution in [1.29, 1.82) is 0 Å². The molecule has 0 radical (unpaired) electrons. The van der Waals surface area contributed by atoms with E-state index in [-0.39, 0.29) is 12.4 Å². The second kappa shape index (κ2) is 6.14. The van der Waals surface area contributed by atoms with Crippen molar-refractivity contribution in [1.82, 2.24) is 0 Å². The number of methoxy groups -OCH3 is 1. The molecule has 0 spiro atoms. The van der Waals surface area contributed by atoms with E-state index in [1.165, 1.54) is 13.2 Å². The van der Waals surface area contributed by atoms with Gasteiger partial charge in [-0.3, -0.25) is 0 Å². The Morgan fingerprint density at radius 1 is 1.24 bits per heavy atom. The quantitative estimate of drug-likeness (QED) is 0.885. The molecule has 2 rings (SSSR count). The lowest BCUT2D eigenvalue weighted by atomic mass is 9.92. The van der Waals surface area contributed by atoms with Gasteiger partial charge in [-0.15, -0.1) is 0 Å². The lowest BCUT2D eigenvalue weighted by Gasteiger charge is -2.31. The Labute approximate surface area is 124 Å². The first-order valence-electron chi connectivity index (χ1n) is 6.78. The van der Waals surface area contributed by atoms with Crippen LogP contribution < -0.4 is 10.1 Å². The Balaban J connectivity index is 2.34. The van der Waals surface area contributed by atoms with Crippen LogP contribution >= 0.6 is 0 Å². The summed E-state index contributed by atoms with van der Waals surface area (Å²) in [5.41, 5.74) is 1.87.